The Morgan fingerprint density at radius 3 is 2.21 bits per heavy atom. The number of anilines is 1. The number of benzene rings is 1. The standard InChI is InChI=1S/C25H30BrF5N6O4S/c1-5-18-20(15-10-12-35(13-11-15)24(40)41-25(2,3)4)21(39)37-23(33-22(26)34-37)36(18)14-19(38)32-16-6-8-17(9-7-16)42(27,28,29,30)31/h6-9,15H,5,10-14H2,1-4H3,(H,32,38). The Hall–Kier alpha value is -3.21. The van der Waals surface area contributed by atoms with E-state index in [-0.39, 0.29) is 34.2 Å². The smallest absolute Gasteiger partial charge is 0.410 e. The molecule has 3 aromatic rings. The van der Waals surface area contributed by atoms with Gasteiger partial charge in [-0.15, -0.1) is 5.10 Å². The molecule has 42 heavy (non-hydrogen) atoms. The lowest BCUT2D eigenvalue weighted by Crippen LogP contribution is -2.42. The molecule has 2 amide bonds. The molecule has 1 saturated heterocycles. The van der Waals surface area contributed by atoms with Crippen molar-refractivity contribution >= 4 is 49.6 Å². The molecular formula is C25H30BrF5N6O4S. The van der Waals surface area contributed by atoms with Crippen molar-refractivity contribution in [1.29, 1.82) is 0 Å². The molecule has 0 spiro atoms. The van der Waals surface area contributed by atoms with Crippen LogP contribution < -0.4 is 10.9 Å². The normalized spacial score (nSPS) is 16.7. The van der Waals surface area contributed by atoms with E-state index in [0.29, 0.717) is 43.6 Å². The van der Waals surface area contributed by atoms with E-state index in [1.54, 1.807) is 32.6 Å². The summed E-state index contributed by atoms with van der Waals surface area (Å²) >= 11 is 3.15. The zero-order chi connectivity index (χ0) is 31.3. The molecule has 0 unspecified atom stereocenters. The molecule has 2 aromatic heterocycles. The second kappa shape index (κ2) is 10.2. The van der Waals surface area contributed by atoms with E-state index in [1.807, 2.05) is 0 Å². The molecular weight excluding hydrogens is 655 g/mol. The third-order valence-corrected chi connectivity index (χ3v) is 8.14. The van der Waals surface area contributed by atoms with Crippen LogP contribution in [0.1, 0.15) is 57.7 Å². The molecule has 1 aliphatic heterocycles. The summed E-state index contributed by atoms with van der Waals surface area (Å²) in [5.41, 5.74) is -0.276. The first-order valence-electron chi connectivity index (χ1n) is 13.0. The molecule has 3 heterocycles. The van der Waals surface area contributed by atoms with Crippen molar-refractivity contribution in [3.05, 3.63) is 50.6 Å². The number of aromatic nitrogens is 4. The first kappa shape index (κ1) is 31.7. The van der Waals surface area contributed by atoms with Crippen LogP contribution in [0.2, 0.25) is 0 Å². The monoisotopic (exact) mass is 684 g/mol. The fourth-order valence-corrected chi connectivity index (χ4v) is 5.84. The number of ether oxygens (including phenoxy) is 1. The van der Waals surface area contributed by atoms with Crippen LogP contribution in [0.15, 0.2) is 38.7 Å². The number of nitrogens with zero attached hydrogens (tertiary/aromatic N) is 5. The zero-order valence-corrected chi connectivity index (χ0v) is 25.6. The lowest BCUT2D eigenvalue weighted by atomic mass is 9.88. The van der Waals surface area contributed by atoms with Crippen molar-refractivity contribution in [3.8, 4) is 0 Å². The number of nitrogens with one attached hydrogen (secondary N) is 1. The lowest BCUT2D eigenvalue weighted by Gasteiger charge is -2.40. The van der Waals surface area contributed by atoms with Crippen LogP contribution in [0.25, 0.3) is 5.78 Å². The van der Waals surface area contributed by atoms with Crippen LogP contribution >= 0.6 is 26.2 Å². The molecule has 1 fully saturated rings. The Kier molecular flexibility index (Phi) is 7.71. The summed E-state index contributed by atoms with van der Waals surface area (Å²) in [4.78, 5) is 42.9. The van der Waals surface area contributed by atoms with E-state index in [9.17, 15) is 33.8 Å². The number of hydrogen-bond donors (Lipinski definition) is 1. The van der Waals surface area contributed by atoms with Gasteiger partial charge in [0.2, 0.25) is 16.4 Å². The van der Waals surface area contributed by atoms with E-state index < -0.39 is 44.8 Å². The quantitative estimate of drug-likeness (QED) is 0.292. The largest absolute Gasteiger partial charge is 0.444 e. The van der Waals surface area contributed by atoms with E-state index in [0.717, 1.165) is 16.6 Å². The Morgan fingerprint density at radius 2 is 1.69 bits per heavy atom. The van der Waals surface area contributed by atoms with E-state index in [2.05, 4.69) is 31.3 Å². The number of likely N-dealkylation sites (tertiary alicyclic amines) is 1. The minimum absolute atomic E-state index is 0.0603. The predicted octanol–water partition coefficient (Wildman–Crippen LogP) is 6.63. The molecule has 1 aliphatic rings. The van der Waals surface area contributed by atoms with Gasteiger partial charge >= 0.3 is 16.3 Å². The van der Waals surface area contributed by atoms with Crippen molar-refractivity contribution in [2.45, 2.75) is 69.9 Å². The number of hydrogen-bond acceptors (Lipinski definition) is 6. The highest BCUT2D eigenvalue weighted by atomic mass is 79.9. The summed E-state index contributed by atoms with van der Waals surface area (Å²) in [5.74, 6) is -0.905. The van der Waals surface area contributed by atoms with Gasteiger partial charge in [-0.25, -0.2) is 4.79 Å². The van der Waals surface area contributed by atoms with Crippen LogP contribution in [0.3, 0.4) is 0 Å². The molecule has 0 saturated carbocycles. The Morgan fingerprint density at radius 1 is 1.10 bits per heavy atom. The predicted molar refractivity (Wildman–Crippen MR) is 151 cm³/mol. The SMILES string of the molecule is CCc1c(C2CCN(C(=O)OC(C)(C)C)CC2)c(=O)n2nc(Br)nc2n1CC(=O)Nc1ccc(S(F)(F)(F)(F)F)cc1. The highest BCUT2D eigenvalue weighted by molar-refractivity contribution is 9.10. The maximum absolute atomic E-state index is 13.6. The summed E-state index contributed by atoms with van der Waals surface area (Å²) < 4.78 is 73.4. The minimum Gasteiger partial charge on any atom is -0.444 e. The average Bonchev–Trinajstić information content (AvgIpc) is 3.25. The molecule has 232 valence electrons. The van der Waals surface area contributed by atoms with Crippen LogP contribution in [0.4, 0.5) is 29.9 Å². The molecule has 0 radical (unpaired) electrons. The van der Waals surface area contributed by atoms with Gasteiger partial charge in [0.05, 0.1) is 0 Å². The van der Waals surface area contributed by atoms with E-state index >= 15 is 0 Å². The number of rotatable bonds is 6. The summed E-state index contributed by atoms with van der Waals surface area (Å²) in [6.45, 7) is 7.40. The molecule has 1 N–H and O–H groups in total. The van der Waals surface area contributed by atoms with Crippen LogP contribution in [0, 0.1) is 0 Å². The summed E-state index contributed by atoms with van der Waals surface area (Å²) in [7, 11) is -9.86. The maximum Gasteiger partial charge on any atom is 0.410 e. The van der Waals surface area contributed by atoms with Crippen LogP contribution in [-0.4, -0.2) is 54.8 Å². The van der Waals surface area contributed by atoms with Gasteiger partial charge in [-0.1, -0.05) is 26.4 Å². The first-order valence-corrected chi connectivity index (χ1v) is 15.7. The number of fused-ring (bicyclic) bond motifs is 1. The van der Waals surface area contributed by atoms with Gasteiger partial charge in [-0.3, -0.25) is 9.59 Å². The summed E-state index contributed by atoms with van der Waals surface area (Å²) in [5, 5.41) is 6.53. The first-order chi connectivity index (χ1) is 19.2. The average molecular weight is 686 g/mol. The van der Waals surface area contributed by atoms with Crippen molar-refractivity contribution in [2.75, 3.05) is 18.4 Å². The fraction of sp³-hybridized carbons (Fsp3) is 0.480. The number of carbonyl (C=O) groups is 2. The summed E-state index contributed by atoms with van der Waals surface area (Å²) in [6.07, 6.45) is 0.778. The Balaban J connectivity index is 1.62. The second-order valence-electron chi connectivity index (χ2n) is 11.0. The van der Waals surface area contributed by atoms with Gasteiger partial charge in [0.1, 0.15) is 17.0 Å². The molecule has 0 bridgehead atoms. The number of piperidine rings is 1. The molecule has 0 atom stereocenters. The highest BCUT2D eigenvalue weighted by Gasteiger charge is 2.65. The topological polar surface area (TPSA) is 111 Å². The van der Waals surface area contributed by atoms with Crippen molar-refractivity contribution < 1.29 is 33.8 Å². The number of halogens is 6. The molecule has 17 heteroatoms. The minimum atomic E-state index is -9.86. The van der Waals surface area contributed by atoms with Crippen molar-refractivity contribution in [3.63, 3.8) is 0 Å². The second-order valence-corrected chi connectivity index (χ2v) is 14.1. The molecule has 10 nitrogen and oxygen atoms in total. The van der Waals surface area contributed by atoms with Crippen LogP contribution in [0.5, 0.6) is 0 Å². The fourth-order valence-electron chi connectivity index (χ4n) is 4.87. The van der Waals surface area contributed by atoms with Gasteiger partial charge in [0.25, 0.3) is 5.56 Å². The van der Waals surface area contributed by atoms with Gasteiger partial charge in [0.15, 0.2) is 0 Å². The summed E-state index contributed by atoms with van der Waals surface area (Å²) in [6, 6.07) is 1.90. The van der Waals surface area contributed by atoms with Crippen molar-refractivity contribution in [2.24, 2.45) is 0 Å². The molecule has 4 rings (SSSR count). The Labute approximate surface area is 246 Å². The highest BCUT2D eigenvalue weighted by Crippen LogP contribution is 3.02. The third-order valence-electron chi connectivity index (χ3n) is 6.64. The van der Waals surface area contributed by atoms with Crippen molar-refractivity contribution in [1.82, 2.24) is 24.1 Å². The van der Waals surface area contributed by atoms with E-state index in [4.69, 9.17) is 4.74 Å². The zero-order valence-electron chi connectivity index (χ0n) is 23.2. The van der Waals surface area contributed by atoms with Gasteiger partial charge in [-0.2, -0.15) is 9.50 Å². The van der Waals surface area contributed by atoms with Gasteiger partial charge < -0.3 is 19.5 Å². The van der Waals surface area contributed by atoms with Gasteiger partial charge in [-0.05, 0) is 86.1 Å². The molecule has 0 aliphatic carbocycles. The van der Waals surface area contributed by atoms with Crippen LogP contribution in [-0.2, 0) is 22.5 Å². The maximum atomic E-state index is 13.6. The Bertz CT molecular complexity index is 1600. The lowest BCUT2D eigenvalue weighted by molar-refractivity contribution is -0.116. The van der Waals surface area contributed by atoms with E-state index in [1.165, 1.54) is 4.57 Å². The number of amides is 2. The van der Waals surface area contributed by atoms with Gasteiger partial charge in [0, 0.05) is 30.0 Å². The number of carbonyl (C=O) groups excluding carboxylic acids is 2. The molecule has 1 aromatic carbocycles. The third kappa shape index (κ3) is 7.04.